The van der Waals surface area contributed by atoms with Crippen molar-refractivity contribution in [3.05, 3.63) is 47.7 Å². The molecule has 1 heterocycles. The maximum atomic E-state index is 9.97. The van der Waals surface area contributed by atoms with E-state index in [4.69, 9.17) is 4.74 Å². The van der Waals surface area contributed by atoms with Crippen molar-refractivity contribution in [3.8, 4) is 0 Å². The van der Waals surface area contributed by atoms with Crippen molar-refractivity contribution in [1.82, 2.24) is 0 Å². The zero-order valence-electron chi connectivity index (χ0n) is 9.04. The number of allylic oxidation sites excluding steroid dienone is 1. The van der Waals surface area contributed by atoms with Gasteiger partial charge in [0.05, 0.1) is 6.61 Å². The Kier molecular flexibility index (Phi) is 3.59. The molecule has 0 aromatic heterocycles. The molecule has 0 spiro atoms. The number of rotatable bonds is 3. The van der Waals surface area contributed by atoms with Gasteiger partial charge < -0.3 is 14.9 Å². The molecule has 86 valence electrons. The molecule has 2 atom stereocenters. The second kappa shape index (κ2) is 5.14. The molecular formula is C13H16O3. The van der Waals surface area contributed by atoms with Gasteiger partial charge in [0.1, 0.15) is 18.0 Å². The quantitative estimate of drug-likeness (QED) is 0.816. The Labute approximate surface area is 95.0 Å². The van der Waals surface area contributed by atoms with Crippen LogP contribution in [0.4, 0.5) is 0 Å². The van der Waals surface area contributed by atoms with E-state index in [1.807, 2.05) is 24.3 Å². The highest BCUT2D eigenvalue weighted by atomic mass is 16.5. The minimum Gasteiger partial charge on any atom is -0.495 e. The van der Waals surface area contributed by atoms with Gasteiger partial charge in [0, 0.05) is 0 Å². The highest BCUT2D eigenvalue weighted by Crippen LogP contribution is 2.24. The Morgan fingerprint density at radius 1 is 1.06 bits per heavy atom. The molecule has 1 aromatic rings. The van der Waals surface area contributed by atoms with Crippen molar-refractivity contribution in [2.24, 2.45) is 0 Å². The average Bonchev–Trinajstić information content (AvgIpc) is 2.39. The molecule has 2 rings (SSSR count). The van der Waals surface area contributed by atoms with Crippen LogP contribution in [0, 0.1) is 0 Å². The van der Waals surface area contributed by atoms with E-state index in [0.29, 0.717) is 17.9 Å². The van der Waals surface area contributed by atoms with E-state index < -0.39 is 12.2 Å². The summed E-state index contributed by atoms with van der Waals surface area (Å²) >= 11 is 0. The first-order valence-electron chi connectivity index (χ1n) is 5.53. The normalized spacial score (nSPS) is 19.5. The number of hydrogen-bond donors (Lipinski definition) is 2. The van der Waals surface area contributed by atoms with E-state index >= 15 is 0 Å². The standard InChI is InChI=1S/C13H16O3/c14-12(10-6-2-1-3-7-10)13(15)11-8-4-5-9-16-11/h1-3,6-8,12-15H,4-5,9H2. The third-order valence-electron chi connectivity index (χ3n) is 2.69. The zero-order valence-corrected chi connectivity index (χ0v) is 9.04. The van der Waals surface area contributed by atoms with Gasteiger partial charge in [-0.3, -0.25) is 0 Å². The van der Waals surface area contributed by atoms with Crippen LogP contribution in [0.3, 0.4) is 0 Å². The van der Waals surface area contributed by atoms with Gasteiger partial charge in [-0.05, 0) is 24.5 Å². The van der Waals surface area contributed by atoms with Crippen molar-refractivity contribution in [2.75, 3.05) is 6.61 Å². The first-order chi connectivity index (χ1) is 7.79. The van der Waals surface area contributed by atoms with Crippen molar-refractivity contribution in [3.63, 3.8) is 0 Å². The van der Waals surface area contributed by atoms with E-state index in [2.05, 4.69) is 0 Å². The fourth-order valence-corrected chi connectivity index (χ4v) is 1.77. The Morgan fingerprint density at radius 3 is 2.44 bits per heavy atom. The summed E-state index contributed by atoms with van der Waals surface area (Å²) in [5.74, 6) is 0.489. The second-order valence-electron chi connectivity index (χ2n) is 3.90. The minimum absolute atomic E-state index is 0.489. The van der Waals surface area contributed by atoms with Crippen LogP contribution in [-0.4, -0.2) is 22.9 Å². The van der Waals surface area contributed by atoms with Crippen LogP contribution in [0.2, 0.25) is 0 Å². The van der Waals surface area contributed by atoms with Crippen molar-refractivity contribution in [1.29, 1.82) is 0 Å². The van der Waals surface area contributed by atoms with Crippen molar-refractivity contribution >= 4 is 0 Å². The zero-order chi connectivity index (χ0) is 11.4. The largest absolute Gasteiger partial charge is 0.495 e. The number of hydrogen-bond acceptors (Lipinski definition) is 3. The van der Waals surface area contributed by atoms with Gasteiger partial charge in [0.2, 0.25) is 0 Å². The molecule has 0 saturated heterocycles. The van der Waals surface area contributed by atoms with Crippen LogP contribution in [0.25, 0.3) is 0 Å². The molecule has 0 bridgehead atoms. The molecule has 3 nitrogen and oxygen atoms in total. The maximum Gasteiger partial charge on any atom is 0.141 e. The van der Waals surface area contributed by atoms with E-state index in [-0.39, 0.29) is 0 Å². The lowest BCUT2D eigenvalue weighted by Gasteiger charge is -2.23. The minimum atomic E-state index is -0.970. The predicted molar refractivity (Wildman–Crippen MR) is 60.7 cm³/mol. The molecule has 2 N–H and O–H groups in total. The Balaban J connectivity index is 2.09. The monoisotopic (exact) mass is 220 g/mol. The second-order valence-corrected chi connectivity index (χ2v) is 3.90. The predicted octanol–water partition coefficient (Wildman–Crippen LogP) is 1.78. The topological polar surface area (TPSA) is 49.7 Å². The molecule has 0 radical (unpaired) electrons. The molecule has 0 fully saturated rings. The Bertz CT molecular complexity index is 359. The molecule has 2 unspecified atom stereocenters. The average molecular weight is 220 g/mol. The van der Waals surface area contributed by atoms with Crippen LogP contribution in [0.15, 0.2) is 42.2 Å². The summed E-state index contributed by atoms with van der Waals surface area (Å²) in [6, 6.07) is 9.12. The summed E-state index contributed by atoms with van der Waals surface area (Å²) in [5.41, 5.74) is 0.699. The van der Waals surface area contributed by atoms with E-state index in [0.717, 1.165) is 12.8 Å². The first-order valence-corrected chi connectivity index (χ1v) is 5.53. The molecule has 1 aliphatic rings. The highest BCUT2D eigenvalue weighted by Gasteiger charge is 2.24. The molecule has 0 saturated carbocycles. The number of ether oxygens (including phenoxy) is 1. The summed E-state index contributed by atoms with van der Waals surface area (Å²) in [4.78, 5) is 0. The first kappa shape index (κ1) is 11.2. The maximum absolute atomic E-state index is 9.97. The smallest absolute Gasteiger partial charge is 0.141 e. The Morgan fingerprint density at radius 2 is 1.81 bits per heavy atom. The van der Waals surface area contributed by atoms with E-state index in [1.165, 1.54) is 0 Å². The molecule has 1 aliphatic heterocycles. The molecule has 1 aromatic carbocycles. The number of benzene rings is 1. The fourth-order valence-electron chi connectivity index (χ4n) is 1.77. The molecular weight excluding hydrogens is 204 g/mol. The van der Waals surface area contributed by atoms with Gasteiger partial charge in [0.25, 0.3) is 0 Å². The summed E-state index contributed by atoms with van der Waals surface area (Å²) in [7, 11) is 0. The summed E-state index contributed by atoms with van der Waals surface area (Å²) in [6.45, 7) is 0.615. The van der Waals surface area contributed by atoms with Gasteiger partial charge in [-0.25, -0.2) is 0 Å². The van der Waals surface area contributed by atoms with Gasteiger partial charge in [0.15, 0.2) is 0 Å². The van der Waals surface area contributed by atoms with Crippen LogP contribution in [0.1, 0.15) is 24.5 Å². The number of aliphatic hydroxyl groups excluding tert-OH is 2. The van der Waals surface area contributed by atoms with Gasteiger partial charge in [-0.1, -0.05) is 30.3 Å². The van der Waals surface area contributed by atoms with Crippen molar-refractivity contribution < 1.29 is 14.9 Å². The van der Waals surface area contributed by atoms with Crippen LogP contribution in [0.5, 0.6) is 0 Å². The lowest BCUT2D eigenvalue weighted by atomic mass is 10.0. The molecule has 16 heavy (non-hydrogen) atoms. The lowest BCUT2D eigenvalue weighted by Crippen LogP contribution is -2.24. The Hall–Kier alpha value is -1.32. The SMILES string of the molecule is OC(C1=CCCCO1)C(O)c1ccccc1. The van der Waals surface area contributed by atoms with E-state index in [1.54, 1.807) is 12.1 Å². The fraction of sp³-hybridized carbons (Fsp3) is 0.385. The van der Waals surface area contributed by atoms with Crippen LogP contribution >= 0.6 is 0 Å². The van der Waals surface area contributed by atoms with Gasteiger partial charge >= 0.3 is 0 Å². The van der Waals surface area contributed by atoms with Gasteiger partial charge in [-0.15, -0.1) is 0 Å². The third-order valence-corrected chi connectivity index (χ3v) is 2.69. The van der Waals surface area contributed by atoms with Crippen LogP contribution in [-0.2, 0) is 4.74 Å². The highest BCUT2D eigenvalue weighted by molar-refractivity contribution is 5.21. The molecule has 3 heteroatoms. The van der Waals surface area contributed by atoms with E-state index in [9.17, 15) is 10.2 Å². The molecule has 0 aliphatic carbocycles. The van der Waals surface area contributed by atoms with Crippen molar-refractivity contribution in [2.45, 2.75) is 25.0 Å². The lowest BCUT2D eigenvalue weighted by molar-refractivity contribution is -0.00219. The summed E-state index contributed by atoms with van der Waals surface area (Å²) < 4.78 is 5.33. The van der Waals surface area contributed by atoms with Gasteiger partial charge in [-0.2, -0.15) is 0 Å². The summed E-state index contributed by atoms with van der Waals surface area (Å²) in [5, 5.41) is 19.9. The molecule has 0 amide bonds. The van der Waals surface area contributed by atoms with Crippen LogP contribution < -0.4 is 0 Å². The third kappa shape index (κ3) is 2.43. The summed E-state index contributed by atoms with van der Waals surface area (Å²) in [6.07, 6.45) is 1.82. The number of aliphatic hydroxyl groups is 2.